The van der Waals surface area contributed by atoms with E-state index in [0.717, 1.165) is 6.42 Å². The molecule has 0 N–H and O–H groups in total. The van der Waals surface area contributed by atoms with Crippen molar-refractivity contribution in [2.75, 3.05) is 0 Å². The molecule has 1 fully saturated rings. The molecule has 0 aliphatic heterocycles. The van der Waals surface area contributed by atoms with E-state index in [-0.39, 0.29) is 0 Å². The lowest BCUT2D eigenvalue weighted by atomic mass is 9.82. The third-order valence-electron chi connectivity index (χ3n) is 7.49. The standard InChI is InChI=1S/C34H25/c1-3-10-23(11-4-1)27-18-19-28-21-32-31(29(28)20-27)22-30(24-12-5-2-6-13-24)33(26-16-9-17-26)34(32)25-14-7-8-15-25/h1-8,10-14,18-20,22H,9,15-17H2. The van der Waals surface area contributed by atoms with Crippen LogP contribution in [0.25, 0.3) is 39.5 Å². The van der Waals surface area contributed by atoms with Crippen LogP contribution in [0.3, 0.4) is 0 Å². The van der Waals surface area contributed by atoms with Gasteiger partial charge in [-0.25, -0.2) is 0 Å². The molecule has 4 aromatic carbocycles. The predicted molar refractivity (Wildman–Crippen MR) is 142 cm³/mol. The Balaban J connectivity index is 1.63. The van der Waals surface area contributed by atoms with Crippen LogP contribution in [0.2, 0.25) is 0 Å². The van der Waals surface area contributed by atoms with Crippen LogP contribution in [-0.2, 0) is 0 Å². The second-order valence-corrected chi connectivity index (χ2v) is 9.50. The van der Waals surface area contributed by atoms with Gasteiger partial charge in [-0.3, -0.25) is 0 Å². The predicted octanol–water partition coefficient (Wildman–Crippen LogP) is 7.00. The van der Waals surface area contributed by atoms with Gasteiger partial charge in [0, 0.05) is 0 Å². The smallest absolute Gasteiger partial charge is 0.000730 e. The highest BCUT2D eigenvalue weighted by Gasteiger charge is 2.22. The lowest BCUT2D eigenvalue weighted by Crippen LogP contribution is -2.21. The van der Waals surface area contributed by atoms with Crippen molar-refractivity contribution in [2.24, 2.45) is 0 Å². The van der Waals surface area contributed by atoms with E-state index in [9.17, 15) is 0 Å². The molecule has 34 heavy (non-hydrogen) atoms. The molecule has 0 spiro atoms. The first kappa shape index (κ1) is 19.6. The van der Waals surface area contributed by atoms with Crippen LogP contribution in [0.15, 0.2) is 103 Å². The minimum Gasteiger partial charge on any atom is -0.0801 e. The Morgan fingerprint density at radius 1 is 0.676 bits per heavy atom. The Kier molecular flexibility index (Phi) is 4.52. The summed E-state index contributed by atoms with van der Waals surface area (Å²) in [5, 5.41) is 5.29. The first-order valence-electron chi connectivity index (χ1n) is 12.3. The molecule has 0 amide bonds. The van der Waals surface area contributed by atoms with E-state index in [2.05, 4.69) is 109 Å². The highest BCUT2D eigenvalue weighted by molar-refractivity contribution is 5.86. The van der Waals surface area contributed by atoms with Gasteiger partial charge in [-0.1, -0.05) is 96.6 Å². The van der Waals surface area contributed by atoms with Crippen LogP contribution in [0, 0.1) is 10.4 Å². The molecule has 4 aromatic rings. The van der Waals surface area contributed by atoms with Crippen LogP contribution in [0.4, 0.5) is 0 Å². The Morgan fingerprint density at radius 2 is 1.44 bits per heavy atom. The zero-order valence-electron chi connectivity index (χ0n) is 19.1. The molecule has 0 bridgehead atoms. The number of hydrogen-bond donors (Lipinski definition) is 0. The van der Waals surface area contributed by atoms with E-state index in [1.54, 1.807) is 5.57 Å². The number of allylic oxidation sites excluding steroid dienone is 4. The summed E-state index contributed by atoms with van der Waals surface area (Å²) in [6, 6.07) is 30.9. The average molecular weight is 434 g/mol. The van der Waals surface area contributed by atoms with E-state index in [0.29, 0.717) is 0 Å². The van der Waals surface area contributed by atoms with E-state index in [1.165, 1.54) is 79.1 Å². The molecule has 0 heteroatoms. The highest BCUT2D eigenvalue weighted by Crippen LogP contribution is 2.34. The van der Waals surface area contributed by atoms with E-state index >= 15 is 0 Å². The number of benzene rings is 4. The van der Waals surface area contributed by atoms with Crippen LogP contribution in [0.1, 0.15) is 36.8 Å². The first-order chi connectivity index (χ1) is 16.9. The summed E-state index contributed by atoms with van der Waals surface area (Å²) in [7, 11) is 0. The average Bonchev–Trinajstić information content (AvgIpc) is 3.51. The minimum absolute atomic E-state index is 0.998. The van der Waals surface area contributed by atoms with Gasteiger partial charge in [-0.15, -0.1) is 0 Å². The molecule has 0 saturated heterocycles. The second-order valence-electron chi connectivity index (χ2n) is 9.50. The van der Waals surface area contributed by atoms with Crippen molar-refractivity contribution in [1.29, 1.82) is 0 Å². The summed E-state index contributed by atoms with van der Waals surface area (Å²) >= 11 is 0. The summed E-state index contributed by atoms with van der Waals surface area (Å²) in [6.45, 7) is 0. The van der Waals surface area contributed by atoms with Crippen molar-refractivity contribution in [3.63, 3.8) is 0 Å². The van der Waals surface area contributed by atoms with Gasteiger partial charge < -0.3 is 0 Å². The Hall–Kier alpha value is -3.90. The van der Waals surface area contributed by atoms with Gasteiger partial charge in [-0.2, -0.15) is 0 Å². The fraction of sp³-hybridized carbons (Fsp3) is 0.118. The van der Waals surface area contributed by atoms with Gasteiger partial charge in [0.25, 0.3) is 0 Å². The van der Waals surface area contributed by atoms with Gasteiger partial charge in [0.1, 0.15) is 0 Å². The largest absolute Gasteiger partial charge is 0.0801 e. The molecule has 1 radical (unpaired) electrons. The van der Waals surface area contributed by atoms with Crippen LogP contribution < -0.4 is 10.4 Å². The van der Waals surface area contributed by atoms with Crippen LogP contribution in [0.5, 0.6) is 0 Å². The molecule has 161 valence electrons. The van der Waals surface area contributed by atoms with Crippen molar-refractivity contribution < 1.29 is 0 Å². The minimum atomic E-state index is 0.998. The van der Waals surface area contributed by atoms with E-state index < -0.39 is 0 Å². The summed E-state index contributed by atoms with van der Waals surface area (Å²) in [4.78, 5) is 0. The third kappa shape index (κ3) is 3.06. The van der Waals surface area contributed by atoms with Gasteiger partial charge in [0.15, 0.2) is 0 Å². The lowest BCUT2D eigenvalue weighted by molar-refractivity contribution is 0.752. The zero-order valence-corrected chi connectivity index (χ0v) is 19.1. The Bertz CT molecular complexity index is 1710. The maximum Gasteiger partial charge on any atom is -0.000730 e. The van der Waals surface area contributed by atoms with Gasteiger partial charge >= 0.3 is 0 Å². The molecule has 3 aliphatic carbocycles. The number of hydrogen-bond acceptors (Lipinski definition) is 0. The second kappa shape index (κ2) is 7.85. The van der Waals surface area contributed by atoms with Crippen molar-refractivity contribution in [1.82, 2.24) is 0 Å². The zero-order chi connectivity index (χ0) is 22.5. The summed E-state index contributed by atoms with van der Waals surface area (Å²) in [6.07, 6.45) is 15.4. The summed E-state index contributed by atoms with van der Waals surface area (Å²) < 4.78 is 0. The summed E-state index contributed by atoms with van der Waals surface area (Å²) in [5.41, 5.74) is 10.9. The molecule has 0 aromatic heterocycles. The maximum absolute atomic E-state index is 3.84. The molecular formula is C34H25. The molecular weight excluding hydrogens is 408 g/mol. The highest BCUT2D eigenvalue weighted by atomic mass is 14.3. The Morgan fingerprint density at radius 3 is 2.12 bits per heavy atom. The first-order valence-corrected chi connectivity index (χ1v) is 12.3. The fourth-order valence-corrected chi connectivity index (χ4v) is 5.62. The van der Waals surface area contributed by atoms with Gasteiger partial charge in [0.2, 0.25) is 0 Å². The van der Waals surface area contributed by atoms with Crippen molar-refractivity contribution in [3.05, 3.63) is 135 Å². The molecule has 0 unspecified atom stereocenters. The van der Waals surface area contributed by atoms with E-state index in [4.69, 9.17) is 0 Å². The number of rotatable bonds is 3. The van der Waals surface area contributed by atoms with Crippen LogP contribution >= 0.6 is 0 Å². The Labute approximate surface area is 200 Å². The monoisotopic (exact) mass is 433 g/mol. The van der Waals surface area contributed by atoms with Crippen LogP contribution in [-0.4, -0.2) is 0 Å². The molecule has 0 nitrogen and oxygen atoms in total. The molecule has 3 aliphatic rings. The topological polar surface area (TPSA) is 0 Å². The van der Waals surface area contributed by atoms with Gasteiger partial charge in [-0.05, 0) is 104 Å². The molecule has 0 atom stereocenters. The SMILES string of the molecule is [C]1=c2ccc(-c3ccccc3)cc2=c2cc(-c3ccccc3)c(=C3CCC3)c(C3=CC=CC3)c21. The van der Waals surface area contributed by atoms with Crippen molar-refractivity contribution in [3.8, 4) is 22.3 Å². The van der Waals surface area contributed by atoms with Gasteiger partial charge in [0.05, 0.1) is 0 Å². The molecule has 0 heterocycles. The lowest BCUT2D eigenvalue weighted by Gasteiger charge is -2.22. The molecule has 1 saturated carbocycles. The normalized spacial score (nSPS) is 15.4. The van der Waals surface area contributed by atoms with E-state index in [1.807, 2.05) is 0 Å². The third-order valence-corrected chi connectivity index (χ3v) is 7.49. The quantitative estimate of drug-likeness (QED) is 0.287. The molecule has 7 rings (SSSR count). The fourth-order valence-electron chi connectivity index (χ4n) is 5.62. The maximum atomic E-state index is 3.84. The van der Waals surface area contributed by atoms with Crippen molar-refractivity contribution >= 4 is 17.2 Å². The number of fused-ring (bicyclic) bond motifs is 2. The van der Waals surface area contributed by atoms with Crippen molar-refractivity contribution in [2.45, 2.75) is 25.7 Å². The summed E-state index contributed by atoms with van der Waals surface area (Å²) in [5.74, 6) is 0.